The second-order valence-electron chi connectivity index (χ2n) is 7.73. The number of aromatic nitrogens is 1. The van der Waals surface area contributed by atoms with Crippen molar-refractivity contribution in [2.24, 2.45) is 5.73 Å². The molecule has 3 N–H and O–H groups in total. The number of methoxy groups -OCH3 is 1. The summed E-state index contributed by atoms with van der Waals surface area (Å²) in [5.74, 6) is 0.626. The zero-order valence-corrected chi connectivity index (χ0v) is 17.5. The second kappa shape index (κ2) is 8.19. The van der Waals surface area contributed by atoms with Crippen LogP contribution in [-0.2, 0) is 12.8 Å². The normalized spacial score (nSPS) is 12.4. The highest BCUT2D eigenvalue weighted by molar-refractivity contribution is 5.90. The van der Waals surface area contributed by atoms with E-state index >= 15 is 0 Å². The van der Waals surface area contributed by atoms with Crippen molar-refractivity contribution >= 4 is 10.8 Å². The first kappa shape index (κ1) is 20.2. The van der Waals surface area contributed by atoms with Gasteiger partial charge in [0.25, 0.3) is 5.56 Å². The number of ether oxygens (including phenoxy) is 1. The standard InChI is InChI=1S/C24H30N2O2/c1-6-17-11-19-13-21(26-24(27)23(19)22(12-17)28-5)18-9-14(2)20(15(3)10-18)8-7-16(4)25/h9-13,16H,6-8,25H2,1-5H3,(H,26,27). The molecule has 0 aliphatic rings. The molecule has 4 heteroatoms. The maximum Gasteiger partial charge on any atom is 0.260 e. The second-order valence-corrected chi connectivity index (χ2v) is 7.73. The minimum absolute atomic E-state index is 0.122. The van der Waals surface area contributed by atoms with Gasteiger partial charge in [-0.3, -0.25) is 4.79 Å². The van der Waals surface area contributed by atoms with Crippen molar-refractivity contribution in [3.8, 4) is 17.0 Å². The topological polar surface area (TPSA) is 68.1 Å². The van der Waals surface area contributed by atoms with Crippen LogP contribution in [0.3, 0.4) is 0 Å². The Morgan fingerprint density at radius 3 is 2.36 bits per heavy atom. The lowest BCUT2D eigenvalue weighted by Crippen LogP contribution is -2.16. The van der Waals surface area contributed by atoms with E-state index in [0.29, 0.717) is 11.1 Å². The number of nitrogens with two attached hydrogens (primary N) is 1. The number of pyridine rings is 1. The molecule has 4 nitrogen and oxygen atoms in total. The molecule has 0 saturated carbocycles. The first-order valence-electron chi connectivity index (χ1n) is 9.94. The summed E-state index contributed by atoms with van der Waals surface area (Å²) in [6.45, 7) is 8.40. The van der Waals surface area contributed by atoms with Crippen LogP contribution in [-0.4, -0.2) is 18.1 Å². The lowest BCUT2D eigenvalue weighted by atomic mass is 9.93. The molecule has 0 bridgehead atoms. The molecule has 1 unspecified atom stereocenters. The molecule has 28 heavy (non-hydrogen) atoms. The average molecular weight is 379 g/mol. The molecule has 1 atom stereocenters. The molecular weight excluding hydrogens is 348 g/mol. The van der Waals surface area contributed by atoms with Crippen LogP contribution in [0.2, 0.25) is 0 Å². The molecule has 3 rings (SSSR count). The Balaban J connectivity index is 2.12. The number of fused-ring (bicyclic) bond motifs is 1. The number of hydrogen-bond donors (Lipinski definition) is 2. The summed E-state index contributed by atoms with van der Waals surface area (Å²) in [6.07, 6.45) is 2.83. The molecule has 0 fully saturated rings. The Kier molecular flexibility index (Phi) is 5.90. The predicted octanol–water partition coefficient (Wildman–Crippen LogP) is 4.66. The van der Waals surface area contributed by atoms with Gasteiger partial charge in [-0.25, -0.2) is 0 Å². The highest BCUT2D eigenvalue weighted by Gasteiger charge is 2.13. The third-order valence-corrected chi connectivity index (χ3v) is 5.45. The summed E-state index contributed by atoms with van der Waals surface area (Å²) in [7, 11) is 1.61. The summed E-state index contributed by atoms with van der Waals surface area (Å²) in [5, 5.41) is 1.51. The van der Waals surface area contributed by atoms with Crippen LogP contribution in [0.4, 0.5) is 0 Å². The zero-order valence-electron chi connectivity index (χ0n) is 17.5. The van der Waals surface area contributed by atoms with Crippen molar-refractivity contribution in [1.29, 1.82) is 0 Å². The van der Waals surface area contributed by atoms with Gasteiger partial charge in [-0.1, -0.05) is 13.0 Å². The van der Waals surface area contributed by atoms with Crippen LogP contribution in [0.25, 0.3) is 22.0 Å². The number of nitrogens with one attached hydrogen (secondary N) is 1. The van der Waals surface area contributed by atoms with Gasteiger partial charge in [0.2, 0.25) is 0 Å². The fraction of sp³-hybridized carbons (Fsp3) is 0.375. The van der Waals surface area contributed by atoms with E-state index < -0.39 is 0 Å². The van der Waals surface area contributed by atoms with Crippen molar-refractivity contribution in [1.82, 2.24) is 4.98 Å². The first-order valence-corrected chi connectivity index (χ1v) is 9.94. The summed E-state index contributed by atoms with van der Waals surface area (Å²) in [5.41, 5.74) is 12.6. The van der Waals surface area contributed by atoms with Gasteiger partial charge in [0.1, 0.15) is 5.75 Å². The largest absolute Gasteiger partial charge is 0.496 e. The van der Waals surface area contributed by atoms with Crippen LogP contribution < -0.4 is 16.0 Å². The van der Waals surface area contributed by atoms with Gasteiger partial charge in [0.15, 0.2) is 0 Å². The van der Waals surface area contributed by atoms with E-state index in [0.717, 1.165) is 41.5 Å². The van der Waals surface area contributed by atoms with Crippen molar-refractivity contribution in [3.05, 3.63) is 62.9 Å². The van der Waals surface area contributed by atoms with Crippen molar-refractivity contribution < 1.29 is 4.74 Å². The molecule has 1 aromatic heterocycles. The minimum Gasteiger partial charge on any atom is -0.496 e. The molecule has 0 saturated heterocycles. The van der Waals surface area contributed by atoms with Crippen LogP contribution in [0.1, 0.15) is 42.5 Å². The lowest BCUT2D eigenvalue weighted by Gasteiger charge is -2.15. The van der Waals surface area contributed by atoms with Crippen molar-refractivity contribution in [2.45, 2.75) is 53.0 Å². The van der Waals surface area contributed by atoms with Gasteiger partial charge < -0.3 is 15.5 Å². The molecule has 148 valence electrons. The highest BCUT2D eigenvalue weighted by atomic mass is 16.5. The molecule has 3 aromatic rings. The van der Waals surface area contributed by atoms with E-state index in [9.17, 15) is 4.79 Å². The summed E-state index contributed by atoms with van der Waals surface area (Å²) in [6, 6.07) is 10.6. The molecule has 0 radical (unpaired) electrons. The third-order valence-electron chi connectivity index (χ3n) is 5.45. The minimum atomic E-state index is -0.122. The van der Waals surface area contributed by atoms with Gasteiger partial charge >= 0.3 is 0 Å². The Bertz CT molecular complexity index is 1040. The van der Waals surface area contributed by atoms with Crippen LogP contribution in [0, 0.1) is 13.8 Å². The molecular formula is C24H30N2O2. The fourth-order valence-corrected chi connectivity index (χ4v) is 3.87. The van der Waals surface area contributed by atoms with Crippen molar-refractivity contribution in [2.75, 3.05) is 7.11 Å². The van der Waals surface area contributed by atoms with Crippen LogP contribution in [0.5, 0.6) is 5.75 Å². The quantitative estimate of drug-likeness (QED) is 0.655. The molecule has 0 spiro atoms. The molecule has 0 amide bonds. The number of benzene rings is 2. The highest BCUT2D eigenvalue weighted by Crippen LogP contribution is 2.30. The molecule has 1 heterocycles. The number of H-pyrrole nitrogens is 1. The van der Waals surface area contributed by atoms with Gasteiger partial charge in [-0.15, -0.1) is 0 Å². The van der Waals surface area contributed by atoms with E-state index in [1.54, 1.807) is 7.11 Å². The summed E-state index contributed by atoms with van der Waals surface area (Å²) in [4.78, 5) is 15.9. The van der Waals surface area contributed by atoms with Crippen LogP contribution >= 0.6 is 0 Å². The van der Waals surface area contributed by atoms with Gasteiger partial charge in [0, 0.05) is 11.7 Å². The van der Waals surface area contributed by atoms with E-state index in [-0.39, 0.29) is 11.6 Å². The number of rotatable bonds is 6. The Hall–Kier alpha value is -2.59. The first-order chi connectivity index (χ1) is 13.3. The van der Waals surface area contributed by atoms with E-state index in [1.807, 2.05) is 19.1 Å². The fourth-order valence-electron chi connectivity index (χ4n) is 3.87. The monoisotopic (exact) mass is 378 g/mol. The van der Waals surface area contributed by atoms with E-state index in [4.69, 9.17) is 10.5 Å². The predicted molar refractivity (Wildman–Crippen MR) is 117 cm³/mol. The molecule has 0 aliphatic heterocycles. The van der Waals surface area contributed by atoms with Gasteiger partial charge in [0.05, 0.1) is 12.5 Å². The number of aromatic amines is 1. The van der Waals surface area contributed by atoms with Crippen LogP contribution in [0.15, 0.2) is 35.1 Å². The maximum atomic E-state index is 12.8. The Labute approximate surface area is 166 Å². The number of aryl methyl sites for hydroxylation is 3. The third kappa shape index (κ3) is 3.97. The van der Waals surface area contributed by atoms with Gasteiger partial charge in [-0.2, -0.15) is 0 Å². The molecule has 0 aliphatic carbocycles. The molecule has 2 aromatic carbocycles. The smallest absolute Gasteiger partial charge is 0.260 e. The SMILES string of the molecule is CCc1cc(OC)c2c(=O)[nH]c(-c3cc(C)c(CCC(C)N)c(C)c3)cc2c1. The lowest BCUT2D eigenvalue weighted by molar-refractivity contribution is 0.419. The number of hydrogen-bond acceptors (Lipinski definition) is 3. The Morgan fingerprint density at radius 1 is 1.11 bits per heavy atom. The zero-order chi connectivity index (χ0) is 20.4. The summed E-state index contributed by atoms with van der Waals surface area (Å²) < 4.78 is 5.47. The average Bonchev–Trinajstić information content (AvgIpc) is 2.65. The summed E-state index contributed by atoms with van der Waals surface area (Å²) >= 11 is 0. The maximum absolute atomic E-state index is 12.8. The Morgan fingerprint density at radius 2 is 1.79 bits per heavy atom. The van der Waals surface area contributed by atoms with E-state index in [1.165, 1.54) is 16.7 Å². The van der Waals surface area contributed by atoms with Crippen molar-refractivity contribution in [3.63, 3.8) is 0 Å². The van der Waals surface area contributed by atoms with Gasteiger partial charge in [-0.05, 0) is 97.5 Å². The van der Waals surface area contributed by atoms with E-state index in [2.05, 4.69) is 44.0 Å².